The van der Waals surface area contributed by atoms with Gasteiger partial charge in [0.05, 0.1) is 22.8 Å². The summed E-state index contributed by atoms with van der Waals surface area (Å²) in [5.74, 6) is -0.468. The van der Waals surface area contributed by atoms with Gasteiger partial charge in [0.1, 0.15) is 5.75 Å². The summed E-state index contributed by atoms with van der Waals surface area (Å²) in [7, 11) is 0. The average molecular weight is 478 g/mol. The molecule has 0 aromatic heterocycles. The van der Waals surface area contributed by atoms with Gasteiger partial charge in [0, 0.05) is 10.6 Å². The highest BCUT2D eigenvalue weighted by atomic mass is 35.5. The van der Waals surface area contributed by atoms with E-state index < -0.39 is 11.1 Å². The second kappa shape index (κ2) is 9.60. The lowest BCUT2D eigenvalue weighted by molar-refractivity contribution is -0.123. The number of phenols is 1. The number of hydrogen-bond donors (Lipinski definition) is 1. The SMILES string of the molecule is Cc1ccc(N=Nc2ccc(O)c(/C=C3\SC(=O)N(Cc4ccccc4Cl)C3=O)c2)cc1C. The maximum atomic E-state index is 12.9. The van der Waals surface area contributed by atoms with Crippen molar-refractivity contribution in [2.75, 3.05) is 0 Å². The molecule has 3 aromatic rings. The van der Waals surface area contributed by atoms with Gasteiger partial charge in [0.25, 0.3) is 11.1 Å². The lowest BCUT2D eigenvalue weighted by Gasteiger charge is -2.13. The van der Waals surface area contributed by atoms with Crippen molar-refractivity contribution < 1.29 is 14.7 Å². The minimum atomic E-state index is -0.438. The quantitative estimate of drug-likeness (QED) is 0.308. The lowest BCUT2D eigenvalue weighted by Crippen LogP contribution is -2.27. The zero-order valence-corrected chi connectivity index (χ0v) is 19.5. The summed E-state index contributed by atoms with van der Waals surface area (Å²) < 4.78 is 0. The van der Waals surface area contributed by atoms with Crippen molar-refractivity contribution in [1.29, 1.82) is 0 Å². The second-order valence-corrected chi connectivity index (χ2v) is 8.97. The summed E-state index contributed by atoms with van der Waals surface area (Å²) in [6, 6.07) is 17.6. The van der Waals surface area contributed by atoms with E-state index in [1.807, 2.05) is 32.0 Å². The molecular weight excluding hydrogens is 458 g/mol. The molecule has 1 heterocycles. The number of nitrogens with zero attached hydrogens (tertiary/aromatic N) is 3. The molecule has 0 atom stereocenters. The summed E-state index contributed by atoms with van der Waals surface area (Å²) in [6.45, 7) is 4.11. The molecule has 1 saturated heterocycles. The van der Waals surface area contributed by atoms with Crippen molar-refractivity contribution in [1.82, 2.24) is 4.90 Å². The van der Waals surface area contributed by atoms with Crippen molar-refractivity contribution in [2.45, 2.75) is 20.4 Å². The molecule has 6 nitrogen and oxygen atoms in total. The first-order valence-electron chi connectivity index (χ1n) is 10.1. The Bertz CT molecular complexity index is 1320. The van der Waals surface area contributed by atoms with Gasteiger partial charge in [-0.15, -0.1) is 0 Å². The van der Waals surface area contributed by atoms with Crippen LogP contribution in [-0.2, 0) is 11.3 Å². The third-order valence-corrected chi connectivity index (χ3v) is 6.51. The fourth-order valence-electron chi connectivity index (χ4n) is 3.20. The molecule has 166 valence electrons. The number of rotatable bonds is 5. The zero-order valence-electron chi connectivity index (χ0n) is 17.9. The maximum Gasteiger partial charge on any atom is 0.293 e. The molecular formula is C25H20ClN3O3S. The molecule has 4 rings (SSSR count). The van der Waals surface area contributed by atoms with E-state index in [9.17, 15) is 14.7 Å². The van der Waals surface area contributed by atoms with Gasteiger partial charge in [-0.1, -0.05) is 35.9 Å². The number of hydrogen-bond acceptors (Lipinski definition) is 6. The number of carbonyl (C=O) groups excluding carboxylic acids is 2. The fraction of sp³-hybridized carbons (Fsp3) is 0.120. The number of azo groups is 1. The van der Waals surface area contributed by atoms with E-state index in [0.29, 0.717) is 27.5 Å². The van der Waals surface area contributed by atoms with Crippen molar-refractivity contribution in [3.63, 3.8) is 0 Å². The van der Waals surface area contributed by atoms with Crippen LogP contribution >= 0.6 is 23.4 Å². The maximum absolute atomic E-state index is 12.9. The monoisotopic (exact) mass is 477 g/mol. The molecule has 0 spiro atoms. The molecule has 1 aliphatic rings. The zero-order chi connectivity index (χ0) is 23.5. The summed E-state index contributed by atoms with van der Waals surface area (Å²) in [5, 5.41) is 18.9. The van der Waals surface area contributed by atoms with Crippen LogP contribution < -0.4 is 0 Å². The topological polar surface area (TPSA) is 82.3 Å². The van der Waals surface area contributed by atoms with Gasteiger partial charge >= 0.3 is 0 Å². The normalized spacial score (nSPS) is 15.2. The van der Waals surface area contributed by atoms with Crippen LogP contribution in [0.2, 0.25) is 5.02 Å². The first-order chi connectivity index (χ1) is 15.8. The Kier molecular flexibility index (Phi) is 6.62. The molecule has 1 fully saturated rings. The summed E-state index contributed by atoms with van der Waals surface area (Å²) in [4.78, 5) is 26.7. The largest absolute Gasteiger partial charge is 0.507 e. The van der Waals surface area contributed by atoms with Crippen LogP contribution in [-0.4, -0.2) is 21.2 Å². The van der Waals surface area contributed by atoms with E-state index in [0.717, 1.165) is 22.2 Å². The highest BCUT2D eigenvalue weighted by Gasteiger charge is 2.35. The Morgan fingerprint density at radius 1 is 0.970 bits per heavy atom. The van der Waals surface area contributed by atoms with Gasteiger partial charge in [0.15, 0.2) is 0 Å². The first kappa shape index (κ1) is 22.8. The van der Waals surface area contributed by atoms with Gasteiger partial charge in [-0.05, 0) is 84.8 Å². The molecule has 0 radical (unpaired) electrons. The van der Waals surface area contributed by atoms with Crippen molar-refractivity contribution in [3.8, 4) is 5.75 Å². The van der Waals surface area contributed by atoms with Gasteiger partial charge in [-0.3, -0.25) is 14.5 Å². The van der Waals surface area contributed by atoms with Crippen molar-refractivity contribution >= 4 is 52.0 Å². The van der Waals surface area contributed by atoms with E-state index in [1.54, 1.807) is 36.4 Å². The van der Waals surface area contributed by atoms with Crippen LogP contribution in [0.3, 0.4) is 0 Å². The first-order valence-corrected chi connectivity index (χ1v) is 11.3. The number of benzene rings is 3. The van der Waals surface area contributed by atoms with Gasteiger partial charge in [-0.2, -0.15) is 10.2 Å². The number of halogens is 1. The average Bonchev–Trinajstić information content (AvgIpc) is 3.05. The predicted octanol–water partition coefficient (Wildman–Crippen LogP) is 7.31. The molecule has 0 bridgehead atoms. The molecule has 8 heteroatoms. The van der Waals surface area contributed by atoms with E-state index >= 15 is 0 Å². The van der Waals surface area contributed by atoms with Crippen LogP contribution in [0.1, 0.15) is 22.3 Å². The number of aromatic hydroxyl groups is 1. The smallest absolute Gasteiger partial charge is 0.293 e. The standard InChI is InChI=1S/C25H20ClN3O3S/c1-15-7-8-19(11-16(15)2)27-28-20-9-10-22(30)18(12-20)13-23-24(31)29(25(32)33-23)14-17-5-3-4-6-21(17)26/h3-13,30H,14H2,1-2H3/b23-13-,28-27?. The van der Waals surface area contributed by atoms with Crippen LogP contribution in [0.15, 0.2) is 75.8 Å². The highest BCUT2D eigenvalue weighted by Crippen LogP contribution is 2.36. The molecule has 0 unspecified atom stereocenters. The minimum absolute atomic E-state index is 0.0296. The third-order valence-electron chi connectivity index (χ3n) is 5.23. The Balaban J connectivity index is 1.56. The van der Waals surface area contributed by atoms with E-state index in [2.05, 4.69) is 10.2 Å². The summed E-state index contributed by atoms with van der Waals surface area (Å²) in [5.41, 5.74) is 4.56. The predicted molar refractivity (Wildman–Crippen MR) is 131 cm³/mol. The lowest BCUT2D eigenvalue weighted by atomic mass is 10.1. The second-order valence-electron chi connectivity index (χ2n) is 7.57. The van der Waals surface area contributed by atoms with Crippen molar-refractivity contribution in [3.05, 3.63) is 92.8 Å². The van der Waals surface area contributed by atoms with E-state index in [4.69, 9.17) is 11.6 Å². The molecule has 3 aromatic carbocycles. The van der Waals surface area contributed by atoms with Gasteiger partial charge < -0.3 is 5.11 Å². The number of amides is 2. The Labute approximate surface area is 200 Å². The molecule has 1 N–H and O–H groups in total. The molecule has 2 amide bonds. The van der Waals surface area contributed by atoms with Gasteiger partial charge in [0.2, 0.25) is 0 Å². The van der Waals surface area contributed by atoms with Crippen LogP contribution in [0, 0.1) is 13.8 Å². The number of thioether (sulfide) groups is 1. The Morgan fingerprint density at radius 2 is 1.67 bits per heavy atom. The Morgan fingerprint density at radius 3 is 2.39 bits per heavy atom. The molecule has 1 aliphatic heterocycles. The number of aryl methyl sites for hydroxylation is 2. The van der Waals surface area contributed by atoms with E-state index in [1.165, 1.54) is 17.7 Å². The fourth-order valence-corrected chi connectivity index (χ4v) is 4.22. The highest BCUT2D eigenvalue weighted by molar-refractivity contribution is 8.18. The summed E-state index contributed by atoms with van der Waals surface area (Å²) in [6.07, 6.45) is 1.49. The molecule has 33 heavy (non-hydrogen) atoms. The summed E-state index contributed by atoms with van der Waals surface area (Å²) >= 11 is 6.99. The number of carbonyl (C=O) groups is 2. The molecule has 0 aliphatic carbocycles. The molecule has 0 saturated carbocycles. The van der Waals surface area contributed by atoms with Crippen LogP contribution in [0.5, 0.6) is 5.75 Å². The Hall–Kier alpha value is -3.42. The van der Waals surface area contributed by atoms with Crippen molar-refractivity contribution in [2.24, 2.45) is 10.2 Å². The van der Waals surface area contributed by atoms with Crippen LogP contribution in [0.4, 0.5) is 16.2 Å². The van der Waals surface area contributed by atoms with Crippen LogP contribution in [0.25, 0.3) is 6.08 Å². The van der Waals surface area contributed by atoms with E-state index in [-0.39, 0.29) is 17.2 Å². The third kappa shape index (κ3) is 5.16. The number of phenolic OH excluding ortho intramolecular Hbond substituents is 1. The number of imide groups is 1. The minimum Gasteiger partial charge on any atom is -0.507 e. The van der Waals surface area contributed by atoms with Gasteiger partial charge in [-0.25, -0.2) is 0 Å².